The largest absolute Gasteiger partial charge is 0.433 e. The molecule has 1 N–H and O–H groups in total. The van der Waals surface area contributed by atoms with Gasteiger partial charge in [-0.2, -0.15) is 13.2 Å². The molecular formula is C12H11F3N4OS. The molecule has 2 rings (SSSR count). The summed E-state index contributed by atoms with van der Waals surface area (Å²) in [5.41, 5.74) is -1.43. The molecular weight excluding hydrogens is 305 g/mol. The van der Waals surface area contributed by atoms with Gasteiger partial charge in [-0.25, -0.2) is 15.0 Å². The molecule has 0 atom stereocenters. The van der Waals surface area contributed by atoms with Crippen LogP contribution in [0.2, 0.25) is 0 Å². The Kier molecular flexibility index (Phi) is 4.84. The van der Waals surface area contributed by atoms with Gasteiger partial charge in [-0.15, -0.1) is 11.3 Å². The molecule has 0 spiro atoms. The molecule has 112 valence electrons. The highest BCUT2D eigenvalue weighted by Gasteiger charge is 2.33. The van der Waals surface area contributed by atoms with E-state index in [0.717, 1.165) is 11.3 Å². The van der Waals surface area contributed by atoms with Crippen molar-refractivity contribution in [3.05, 3.63) is 40.4 Å². The lowest BCUT2D eigenvalue weighted by molar-refractivity contribution is -0.141. The Balaban J connectivity index is 1.85. The zero-order chi connectivity index (χ0) is 15.3. The van der Waals surface area contributed by atoms with Crippen LogP contribution < -0.4 is 5.32 Å². The van der Waals surface area contributed by atoms with Gasteiger partial charge < -0.3 is 5.32 Å². The van der Waals surface area contributed by atoms with E-state index >= 15 is 0 Å². The third kappa shape index (κ3) is 4.48. The summed E-state index contributed by atoms with van der Waals surface area (Å²) in [6.07, 6.45) is -0.819. The fourth-order valence-corrected chi connectivity index (χ4v) is 2.21. The molecule has 2 aromatic heterocycles. The fourth-order valence-electron chi connectivity index (χ4n) is 1.55. The van der Waals surface area contributed by atoms with Gasteiger partial charge in [-0.1, -0.05) is 0 Å². The number of carbonyl (C=O) groups excluding carboxylic acids is 1. The third-order valence-corrected chi connectivity index (χ3v) is 3.37. The summed E-state index contributed by atoms with van der Waals surface area (Å²) in [6, 6.07) is 0.635. The van der Waals surface area contributed by atoms with Crippen LogP contribution in [0.15, 0.2) is 24.0 Å². The van der Waals surface area contributed by atoms with E-state index in [9.17, 15) is 18.0 Å². The Morgan fingerprint density at radius 3 is 2.76 bits per heavy atom. The molecule has 0 aromatic carbocycles. The molecule has 0 saturated carbocycles. The Bertz CT molecular complexity index is 601. The first kappa shape index (κ1) is 15.4. The monoisotopic (exact) mass is 316 g/mol. The third-order valence-electron chi connectivity index (χ3n) is 2.53. The first-order chi connectivity index (χ1) is 9.97. The SMILES string of the molecule is O=C(NCCCc1nccs1)c1cc(C(F)(F)F)ncn1. The molecule has 0 aliphatic carbocycles. The number of aryl methyl sites for hydroxylation is 1. The van der Waals surface area contributed by atoms with Crippen molar-refractivity contribution in [2.45, 2.75) is 19.0 Å². The Morgan fingerprint density at radius 1 is 1.29 bits per heavy atom. The maximum absolute atomic E-state index is 12.5. The van der Waals surface area contributed by atoms with E-state index in [2.05, 4.69) is 20.3 Å². The standard InChI is InChI=1S/C12H11F3N4OS/c13-12(14,15)9-6-8(18-7-19-9)11(20)17-3-1-2-10-16-4-5-21-10/h4-7H,1-3H2,(H,17,20). The zero-order valence-electron chi connectivity index (χ0n) is 10.7. The van der Waals surface area contributed by atoms with E-state index in [4.69, 9.17) is 0 Å². The van der Waals surface area contributed by atoms with E-state index in [0.29, 0.717) is 25.5 Å². The molecule has 0 bridgehead atoms. The highest BCUT2D eigenvalue weighted by Crippen LogP contribution is 2.27. The van der Waals surface area contributed by atoms with Crippen molar-refractivity contribution < 1.29 is 18.0 Å². The van der Waals surface area contributed by atoms with Gasteiger partial charge >= 0.3 is 6.18 Å². The lowest BCUT2D eigenvalue weighted by atomic mass is 10.3. The topological polar surface area (TPSA) is 67.8 Å². The van der Waals surface area contributed by atoms with Crippen LogP contribution in [0, 0.1) is 0 Å². The average molecular weight is 316 g/mol. The normalized spacial score (nSPS) is 11.4. The van der Waals surface area contributed by atoms with Crippen LogP contribution in [0.1, 0.15) is 27.6 Å². The predicted octanol–water partition coefficient (Wildman–Crippen LogP) is 2.31. The van der Waals surface area contributed by atoms with Crippen molar-refractivity contribution in [3.63, 3.8) is 0 Å². The van der Waals surface area contributed by atoms with Gasteiger partial charge in [0.05, 0.1) is 5.01 Å². The molecule has 21 heavy (non-hydrogen) atoms. The molecule has 0 aliphatic rings. The van der Waals surface area contributed by atoms with Gasteiger partial charge in [-0.3, -0.25) is 4.79 Å². The second kappa shape index (κ2) is 6.61. The van der Waals surface area contributed by atoms with Gasteiger partial charge in [0.25, 0.3) is 5.91 Å². The summed E-state index contributed by atoms with van der Waals surface area (Å²) < 4.78 is 37.4. The van der Waals surface area contributed by atoms with Crippen LogP contribution in [0.25, 0.3) is 0 Å². The fraction of sp³-hybridized carbons (Fsp3) is 0.333. The summed E-state index contributed by atoms with van der Waals surface area (Å²) in [5.74, 6) is -0.651. The molecule has 0 fully saturated rings. The average Bonchev–Trinajstić information content (AvgIpc) is 2.96. The minimum absolute atomic E-state index is 0.299. The van der Waals surface area contributed by atoms with E-state index < -0.39 is 17.8 Å². The number of hydrogen-bond donors (Lipinski definition) is 1. The van der Waals surface area contributed by atoms with Gasteiger partial charge in [0.2, 0.25) is 0 Å². The van der Waals surface area contributed by atoms with Crippen molar-refractivity contribution in [1.82, 2.24) is 20.3 Å². The van der Waals surface area contributed by atoms with Crippen molar-refractivity contribution in [3.8, 4) is 0 Å². The molecule has 0 radical (unpaired) electrons. The smallest absolute Gasteiger partial charge is 0.351 e. The number of nitrogens with zero attached hydrogens (tertiary/aromatic N) is 3. The number of alkyl halides is 3. The number of halogens is 3. The first-order valence-corrected chi connectivity index (χ1v) is 6.90. The quantitative estimate of drug-likeness (QED) is 0.860. The van der Waals surface area contributed by atoms with Crippen molar-refractivity contribution in [2.24, 2.45) is 0 Å². The molecule has 0 unspecified atom stereocenters. The van der Waals surface area contributed by atoms with Crippen molar-refractivity contribution >= 4 is 17.2 Å². The van der Waals surface area contributed by atoms with Crippen molar-refractivity contribution in [1.29, 1.82) is 0 Å². The summed E-state index contributed by atoms with van der Waals surface area (Å²) in [6.45, 7) is 0.337. The number of rotatable bonds is 5. The molecule has 9 heteroatoms. The Hall–Kier alpha value is -2.03. The number of carbonyl (C=O) groups is 1. The minimum Gasteiger partial charge on any atom is -0.351 e. The van der Waals surface area contributed by atoms with Crippen LogP contribution >= 0.6 is 11.3 Å². The highest BCUT2D eigenvalue weighted by atomic mass is 32.1. The molecule has 0 saturated heterocycles. The van der Waals surface area contributed by atoms with Crippen LogP contribution in [0.3, 0.4) is 0 Å². The predicted molar refractivity (Wildman–Crippen MR) is 69.8 cm³/mol. The molecule has 0 aliphatic heterocycles. The molecule has 5 nitrogen and oxygen atoms in total. The maximum Gasteiger partial charge on any atom is 0.433 e. The zero-order valence-corrected chi connectivity index (χ0v) is 11.5. The lowest BCUT2D eigenvalue weighted by Crippen LogP contribution is -2.26. The molecule has 2 heterocycles. The number of hydrogen-bond acceptors (Lipinski definition) is 5. The number of amides is 1. The van der Waals surface area contributed by atoms with Crippen LogP contribution in [0.5, 0.6) is 0 Å². The number of thiazole rings is 1. The van der Waals surface area contributed by atoms with Crippen LogP contribution in [0.4, 0.5) is 13.2 Å². The number of nitrogens with one attached hydrogen (secondary N) is 1. The number of aromatic nitrogens is 3. The summed E-state index contributed by atoms with van der Waals surface area (Å²) in [7, 11) is 0. The second-order valence-electron chi connectivity index (χ2n) is 4.07. The summed E-state index contributed by atoms with van der Waals surface area (Å²) in [5, 5.41) is 5.32. The highest BCUT2D eigenvalue weighted by molar-refractivity contribution is 7.09. The van der Waals surface area contributed by atoms with E-state index in [1.807, 2.05) is 5.38 Å². The van der Waals surface area contributed by atoms with Gasteiger partial charge in [0.1, 0.15) is 17.7 Å². The molecule has 1 amide bonds. The van der Waals surface area contributed by atoms with E-state index in [-0.39, 0.29) is 5.69 Å². The molecule has 2 aromatic rings. The Morgan fingerprint density at radius 2 is 2.10 bits per heavy atom. The Labute approximate surface area is 122 Å². The van der Waals surface area contributed by atoms with E-state index in [1.54, 1.807) is 6.20 Å². The summed E-state index contributed by atoms with van der Waals surface area (Å²) in [4.78, 5) is 22.4. The summed E-state index contributed by atoms with van der Waals surface area (Å²) >= 11 is 1.51. The van der Waals surface area contributed by atoms with Crippen LogP contribution in [-0.2, 0) is 12.6 Å². The van der Waals surface area contributed by atoms with Gasteiger partial charge in [0.15, 0.2) is 0 Å². The van der Waals surface area contributed by atoms with Gasteiger partial charge in [-0.05, 0) is 6.42 Å². The second-order valence-corrected chi connectivity index (χ2v) is 5.05. The maximum atomic E-state index is 12.5. The van der Waals surface area contributed by atoms with Crippen molar-refractivity contribution in [2.75, 3.05) is 6.54 Å². The lowest BCUT2D eigenvalue weighted by Gasteiger charge is -2.07. The minimum atomic E-state index is -4.59. The van der Waals surface area contributed by atoms with Crippen LogP contribution in [-0.4, -0.2) is 27.4 Å². The van der Waals surface area contributed by atoms with Gasteiger partial charge in [0, 0.05) is 30.6 Å². The van der Waals surface area contributed by atoms with E-state index in [1.165, 1.54) is 11.3 Å². The first-order valence-electron chi connectivity index (χ1n) is 6.02.